The topological polar surface area (TPSA) is 38.8 Å². The third kappa shape index (κ3) is 3.09. The summed E-state index contributed by atoms with van der Waals surface area (Å²) in [7, 11) is -2.05. The van der Waals surface area contributed by atoms with Crippen LogP contribution >= 0.6 is 0 Å². The maximum absolute atomic E-state index is 13.6. The minimum absolute atomic E-state index is 0.135. The first-order valence-electron chi connectivity index (χ1n) is 16.1. The Labute approximate surface area is 165 Å². The molecule has 0 aliphatic carbocycles. The van der Waals surface area contributed by atoms with Crippen LogP contribution < -0.4 is 9.47 Å². The van der Waals surface area contributed by atoms with E-state index in [1.54, 1.807) is 0 Å². The average Bonchev–Trinajstić information content (AvgIpc) is 2.72. The molecular formula is C19H27NO3. The van der Waals surface area contributed by atoms with E-state index in [0.29, 0.717) is 0 Å². The Morgan fingerprint density at radius 3 is 3.09 bits per heavy atom. The number of benzene rings is 1. The molecule has 0 aromatic heterocycles. The number of hydrogen-bond acceptors (Lipinski definition) is 4. The Morgan fingerprint density at radius 1 is 1.52 bits per heavy atom. The van der Waals surface area contributed by atoms with Crippen molar-refractivity contribution in [3.8, 4) is 11.5 Å². The summed E-state index contributed by atoms with van der Waals surface area (Å²) in [4.78, 5) is 13.5. The summed E-state index contributed by atoms with van der Waals surface area (Å²) in [5.41, 5.74) is -1.30. The van der Waals surface area contributed by atoms with Gasteiger partial charge in [0.15, 0.2) is 11.5 Å². The van der Waals surface area contributed by atoms with Crippen LogP contribution in [0.5, 0.6) is 11.5 Å². The molecule has 3 rings (SSSR count). The second-order valence-electron chi connectivity index (χ2n) is 4.89. The van der Waals surface area contributed by atoms with Gasteiger partial charge in [-0.25, -0.2) is 0 Å². The molecule has 0 bridgehead atoms. The summed E-state index contributed by atoms with van der Waals surface area (Å²) in [6.45, 7) is -15.4. The van der Waals surface area contributed by atoms with E-state index >= 15 is 0 Å². The lowest BCUT2D eigenvalue weighted by Gasteiger charge is -2.43. The van der Waals surface area contributed by atoms with Crippen LogP contribution in [0.25, 0.3) is 0 Å². The number of Topliss-reactive ketones (excluding diaryl/α,β-unsaturated/α-hetero) is 1. The zero-order valence-electron chi connectivity index (χ0n) is 31.1. The maximum atomic E-state index is 13.6. The van der Waals surface area contributed by atoms with Gasteiger partial charge < -0.3 is 9.47 Å². The van der Waals surface area contributed by atoms with E-state index in [9.17, 15) is 4.79 Å². The van der Waals surface area contributed by atoms with E-state index in [-0.39, 0.29) is 4.90 Å². The number of aryl methyl sites for hydroxylation is 1. The Hall–Kier alpha value is -1.55. The van der Waals surface area contributed by atoms with E-state index in [0.717, 1.165) is 19.2 Å². The van der Waals surface area contributed by atoms with Crippen LogP contribution in [0, 0.1) is 11.8 Å². The summed E-state index contributed by atoms with van der Waals surface area (Å²) in [5.74, 6) is -9.78. The molecule has 1 aromatic rings. The lowest BCUT2D eigenvalue weighted by Crippen LogP contribution is -2.46. The van der Waals surface area contributed by atoms with E-state index in [2.05, 4.69) is 0 Å². The summed E-state index contributed by atoms with van der Waals surface area (Å²) < 4.78 is 165. The van der Waals surface area contributed by atoms with Crippen molar-refractivity contribution in [2.75, 3.05) is 27.1 Å². The largest absolute Gasteiger partial charge is 0.493 e. The standard InChI is InChI=1S/C19H27NO3/c1-12(2)7-14-11-20-6-5-13-8-18(22-3)19(23-4)9-15(13)16(20)10-17(14)21/h8-9,12,14,16H,5-7,10-11H2,1-4H3/i1D3,2D3,4D3,5D2,6D2,7D2,11D2,12D,16D. The molecule has 1 saturated heterocycles. The van der Waals surface area contributed by atoms with Crippen LogP contribution in [0.4, 0.5) is 0 Å². The number of ether oxygens (including phenoxy) is 2. The predicted octanol–water partition coefficient (Wildman–Crippen LogP) is 3.24. The molecule has 0 amide bonds. The van der Waals surface area contributed by atoms with Crippen molar-refractivity contribution in [1.82, 2.24) is 4.90 Å². The molecule has 1 fully saturated rings. The number of carbonyl (C=O) groups excluding carboxylic acids is 1. The van der Waals surface area contributed by atoms with Crippen molar-refractivity contribution in [2.45, 2.75) is 38.9 Å². The Balaban J connectivity index is 2.41. The van der Waals surface area contributed by atoms with Gasteiger partial charge in [0.05, 0.1) is 19.6 Å². The number of fused-ring (bicyclic) bond motifs is 3. The van der Waals surface area contributed by atoms with Gasteiger partial charge in [0, 0.05) is 51.9 Å². The van der Waals surface area contributed by atoms with Crippen molar-refractivity contribution in [3.05, 3.63) is 23.3 Å². The van der Waals surface area contributed by atoms with Crippen molar-refractivity contribution >= 4 is 5.78 Å². The molecule has 0 spiro atoms. The SMILES string of the molecule is [2H]C([2H])([2H])Oc1cc2c(cc1OC)C([2H])([2H])C([2H])([2H])N1C2([2H])CC(=O)C(C([2H])([2H])C([2H])(C([2H])([2H])[2H])C([2H])([2H])[2H])C1([2H])[2H]. The Kier molecular flexibility index (Phi) is 1.41. The number of carbonyl (C=O) groups is 1. The number of piperidine rings is 1. The van der Waals surface area contributed by atoms with Crippen LogP contribution in [0.1, 0.15) is 69.7 Å². The maximum Gasteiger partial charge on any atom is 0.161 e. The van der Waals surface area contributed by atoms with Crippen LogP contribution in [0.3, 0.4) is 0 Å². The molecule has 0 N–H and O–H groups in total. The number of rotatable bonds is 4. The first-order valence-corrected chi connectivity index (χ1v) is 6.62. The molecule has 4 nitrogen and oxygen atoms in total. The number of hydrogen-bond donors (Lipinski definition) is 0. The normalized spacial score (nSPS) is 49.0. The Morgan fingerprint density at radius 2 is 2.35 bits per heavy atom. The van der Waals surface area contributed by atoms with E-state index in [4.69, 9.17) is 35.5 Å². The number of methoxy groups -OCH3 is 2. The number of ketones is 1. The highest BCUT2D eigenvalue weighted by molar-refractivity contribution is 5.83. The molecule has 1 aromatic carbocycles. The molecule has 2 aliphatic heterocycles. The zero-order valence-corrected chi connectivity index (χ0v) is 12.1. The van der Waals surface area contributed by atoms with Gasteiger partial charge in [-0.05, 0) is 41.9 Å². The van der Waals surface area contributed by atoms with Gasteiger partial charge in [0.25, 0.3) is 0 Å². The molecular weight excluding hydrogens is 290 g/mol. The average molecular weight is 337 g/mol. The Bertz CT molecular complexity index is 1250. The third-order valence-electron chi connectivity index (χ3n) is 3.51. The lowest BCUT2D eigenvalue weighted by molar-refractivity contribution is -0.129. The van der Waals surface area contributed by atoms with E-state index in [1.165, 1.54) is 0 Å². The zero-order chi connectivity index (χ0) is 33.1. The highest BCUT2D eigenvalue weighted by atomic mass is 16.5. The van der Waals surface area contributed by atoms with Crippen molar-refractivity contribution < 1.29 is 40.3 Å². The monoisotopic (exact) mass is 336 g/mol. The molecule has 2 atom stereocenters. The molecule has 2 heterocycles. The van der Waals surface area contributed by atoms with Crippen LogP contribution in [-0.2, 0) is 11.2 Å². The molecule has 126 valence electrons. The first-order chi connectivity index (χ1) is 18.4. The van der Waals surface area contributed by atoms with E-state index < -0.39 is 99.1 Å². The molecule has 4 heteroatoms. The minimum atomic E-state index is -4.14. The molecule has 0 saturated carbocycles. The quantitative estimate of drug-likeness (QED) is 0.846. The summed E-state index contributed by atoms with van der Waals surface area (Å²) >= 11 is 0. The second-order valence-corrected chi connectivity index (χ2v) is 4.89. The summed E-state index contributed by atoms with van der Waals surface area (Å²) in [6, 6.07) is -1.36. The highest BCUT2D eigenvalue weighted by Crippen LogP contribution is 2.42. The third-order valence-corrected chi connectivity index (χ3v) is 3.51. The minimum Gasteiger partial charge on any atom is -0.493 e. The van der Waals surface area contributed by atoms with Crippen LogP contribution in [-0.4, -0.2) is 37.8 Å². The van der Waals surface area contributed by atoms with E-state index in [1.807, 2.05) is 0 Å². The fourth-order valence-corrected chi connectivity index (χ4v) is 2.46. The predicted molar refractivity (Wildman–Crippen MR) is 90.1 cm³/mol. The van der Waals surface area contributed by atoms with Gasteiger partial charge in [0.2, 0.25) is 0 Å². The van der Waals surface area contributed by atoms with Crippen LogP contribution in [0.15, 0.2) is 12.1 Å². The van der Waals surface area contributed by atoms with Crippen LogP contribution in [0.2, 0.25) is 0 Å². The van der Waals surface area contributed by atoms with Gasteiger partial charge in [-0.1, -0.05) is 13.7 Å². The number of nitrogens with zero attached hydrogens (tertiary/aromatic N) is 1. The summed E-state index contributed by atoms with van der Waals surface area (Å²) in [6.07, 6.45) is -8.73. The highest BCUT2D eigenvalue weighted by Gasteiger charge is 2.38. The van der Waals surface area contributed by atoms with Gasteiger partial charge in [-0.15, -0.1) is 0 Å². The van der Waals surface area contributed by atoms with Gasteiger partial charge in [0.1, 0.15) is 5.78 Å². The fraction of sp³-hybridized carbons (Fsp3) is 0.632. The lowest BCUT2D eigenvalue weighted by atomic mass is 9.80. The smallest absolute Gasteiger partial charge is 0.161 e. The fourth-order valence-electron chi connectivity index (χ4n) is 2.46. The summed E-state index contributed by atoms with van der Waals surface area (Å²) in [5, 5.41) is 0. The molecule has 2 unspecified atom stereocenters. The molecule has 2 aliphatic rings. The first kappa shape index (κ1) is 4.98. The molecule has 23 heavy (non-hydrogen) atoms. The van der Waals surface area contributed by atoms with Gasteiger partial charge in [-0.3, -0.25) is 9.69 Å². The van der Waals surface area contributed by atoms with Crippen molar-refractivity contribution in [1.29, 1.82) is 0 Å². The second kappa shape index (κ2) is 6.52. The van der Waals surface area contributed by atoms with Crippen molar-refractivity contribution in [2.24, 2.45) is 11.8 Å². The van der Waals surface area contributed by atoms with Crippen molar-refractivity contribution in [3.63, 3.8) is 0 Å². The molecule has 0 radical (unpaired) electrons. The van der Waals surface area contributed by atoms with Gasteiger partial charge in [-0.2, -0.15) is 0 Å². The van der Waals surface area contributed by atoms with Gasteiger partial charge >= 0.3 is 0 Å².